The maximum absolute atomic E-state index is 12.2. The van der Waals surface area contributed by atoms with Crippen LogP contribution >= 0.6 is 0 Å². The summed E-state index contributed by atoms with van der Waals surface area (Å²) >= 11 is 0. The van der Waals surface area contributed by atoms with Crippen molar-refractivity contribution in [3.05, 3.63) is 48.3 Å². The summed E-state index contributed by atoms with van der Waals surface area (Å²) in [6.07, 6.45) is 7.51. The van der Waals surface area contributed by atoms with Gasteiger partial charge in [0.15, 0.2) is 0 Å². The van der Waals surface area contributed by atoms with Gasteiger partial charge in [0.1, 0.15) is 12.0 Å². The fourth-order valence-electron chi connectivity index (χ4n) is 3.39. The Hall–Kier alpha value is -2.71. The van der Waals surface area contributed by atoms with Crippen LogP contribution in [0.15, 0.2) is 36.9 Å². The summed E-state index contributed by atoms with van der Waals surface area (Å²) < 4.78 is 9.30. The van der Waals surface area contributed by atoms with E-state index in [0.717, 1.165) is 62.8 Å². The Morgan fingerprint density at radius 3 is 2.93 bits per heavy atom. The first-order valence-electron chi connectivity index (χ1n) is 9.39. The first-order chi connectivity index (χ1) is 13.3. The summed E-state index contributed by atoms with van der Waals surface area (Å²) in [7, 11) is 0. The molecule has 1 aliphatic heterocycles. The minimum atomic E-state index is -0.120. The average Bonchev–Trinajstić information content (AvgIpc) is 3.25. The van der Waals surface area contributed by atoms with Crippen LogP contribution in [-0.2, 0) is 11.3 Å². The third-order valence-electron chi connectivity index (χ3n) is 5.04. The van der Waals surface area contributed by atoms with Crippen LogP contribution in [0.4, 0.5) is 0 Å². The van der Waals surface area contributed by atoms with E-state index in [1.165, 1.54) is 0 Å². The molecule has 0 bridgehead atoms. The number of ether oxygens (including phenoxy) is 1. The molecule has 1 aliphatic carbocycles. The molecule has 0 spiro atoms. The van der Waals surface area contributed by atoms with Gasteiger partial charge in [-0.25, -0.2) is 9.97 Å². The molecule has 0 aromatic carbocycles. The van der Waals surface area contributed by atoms with Crippen LogP contribution in [0.3, 0.4) is 0 Å². The fourth-order valence-corrected chi connectivity index (χ4v) is 3.39. The molecular formula is C19H22N6O2. The largest absolute Gasteiger partial charge is 0.379 e. The van der Waals surface area contributed by atoms with Crippen molar-refractivity contribution in [3.63, 3.8) is 0 Å². The van der Waals surface area contributed by atoms with Crippen molar-refractivity contribution in [1.29, 1.82) is 0 Å². The van der Waals surface area contributed by atoms with Gasteiger partial charge in [0.25, 0.3) is 5.91 Å². The number of carbonyl (C=O) groups excluding carboxylic acids is 1. The molecule has 2 fully saturated rings. The molecule has 3 aromatic heterocycles. The van der Waals surface area contributed by atoms with Gasteiger partial charge >= 0.3 is 0 Å². The molecule has 5 rings (SSSR count). The van der Waals surface area contributed by atoms with Gasteiger partial charge in [-0.2, -0.15) is 0 Å². The van der Waals surface area contributed by atoms with Crippen molar-refractivity contribution in [3.8, 4) is 5.95 Å². The standard InChI is InChI=1S/C19H22N6O2/c26-18(21-14-4-5-14)16-12-24(13-20-16)19-22-15(11-23-7-9-27-10-8-23)17-3-1-2-6-25(17)19/h1-3,6,12-14H,4-5,7-11H2,(H,21,26). The third-order valence-corrected chi connectivity index (χ3v) is 5.04. The second kappa shape index (κ2) is 6.79. The monoisotopic (exact) mass is 366 g/mol. The van der Waals surface area contributed by atoms with Crippen molar-refractivity contribution in [1.82, 2.24) is 29.2 Å². The zero-order chi connectivity index (χ0) is 18.2. The number of nitrogens with one attached hydrogen (secondary N) is 1. The first-order valence-corrected chi connectivity index (χ1v) is 9.39. The molecule has 1 amide bonds. The van der Waals surface area contributed by atoms with Crippen molar-refractivity contribution in [2.75, 3.05) is 26.3 Å². The van der Waals surface area contributed by atoms with E-state index in [0.29, 0.717) is 11.7 Å². The number of morpholine rings is 1. The molecule has 0 radical (unpaired) electrons. The fraction of sp³-hybridized carbons (Fsp3) is 0.421. The summed E-state index contributed by atoms with van der Waals surface area (Å²) in [5.74, 6) is 0.623. The summed E-state index contributed by atoms with van der Waals surface area (Å²) in [5, 5.41) is 2.97. The maximum Gasteiger partial charge on any atom is 0.271 e. The van der Waals surface area contributed by atoms with Crippen molar-refractivity contribution in [2.24, 2.45) is 0 Å². The lowest BCUT2D eigenvalue weighted by Gasteiger charge is -2.25. The number of amides is 1. The number of fused-ring (bicyclic) bond motifs is 1. The number of hydrogen-bond donors (Lipinski definition) is 1. The van der Waals surface area contributed by atoms with Crippen molar-refractivity contribution < 1.29 is 9.53 Å². The second-order valence-electron chi connectivity index (χ2n) is 7.12. The Balaban J connectivity index is 1.46. The summed E-state index contributed by atoms with van der Waals surface area (Å²) in [4.78, 5) is 23.7. The highest BCUT2D eigenvalue weighted by atomic mass is 16.5. The SMILES string of the molecule is O=C(NC1CC1)c1cn(-c2nc(CN3CCOCC3)c3ccccn23)cn1. The van der Waals surface area contributed by atoms with Gasteiger partial charge in [-0.3, -0.25) is 18.7 Å². The summed E-state index contributed by atoms with van der Waals surface area (Å²) in [6.45, 7) is 4.13. The van der Waals surface area contributed by atoms with Gasteiger partial charge in [-0.15, -0.1) is 0 Å². The zero-order valence-corrected chi connectivity index (χ0v) is 15.0. The topological polar surface area (TPSA) is 76.7 Å². The van der Waals surface area contributed by atoms with Crippen LogP contribution in [-0.4, -0.2) is 62.1 Å². The van der Waals surface area contributed by atoms with Crippen LogP contribution in [0.25, 0.3) is 11.5 Å². The second-order valence-corrected chi connectivity index (χ2v) is 7.12. The zero-order valence-electron chi connectivity index (χ0n) is 15.0. The lowest BCUT2D eigenvalue weighted by molar-refractivity contribution is 0.0339. The first kappa shape index (κ1) is 16.5. The molecule has 8 heteroatoms. The quantitative estimate of drug-likeness (QED) is 0.735. The van der Waals surface area contributed by atoms with Crippen LogP contribution in [0, 0.1) is 0 Å². The lowest BCUT2D eigenvalue weighted by Crippen LogP contribution is -2.35. The van der Waals surface area contributed by atoms with Crippen LogP contribution in [0.2, 0.25) is 0 Å². The number of carbonyl (C=O) groups is 1. The summed E-state index contributed by atoms with van der Waals surface area (Å²) in [5.41, 5.74) is 2.51. The maximum atomic E-state index is 12.2. The molecule has 3 aromatic rings. The normalized spacial score (nSPS) is 18.1. The molecular weight excluding hydrogens is 344 g/mol. The minimum Gasteiger partial charge on any atom is -0.379 e. The molecule has 140 valence electrons. The predicted octanol–water partition coefficient (Wildman–Crippen LogP) is 1.24. The molecule has 27 heavy (non-hydrogen) atoms. The number of imidazole rings is 2. The van der Waals surface area contributed by atoms with Crippen LogP contribution in [0.5, 0.6) is 0 Å². The van der Waals surface area contributed by atoms with Crippen molar-refractivity contribution >= 4 is 11.4 Å². The number of pyridine rings is 1. The van der Waals surface area contributed by atoms with Gasteiger partial charge < -0.3 is 10.1 Å². The Morgan fingerprint density at radius 2 is 2.11 bits per heavy atom. The van der Waals surface area contributed by atoms with E-state index in [2.05, 4.69) is 21.3 Å². The molecule has 1 saturated carbocycles. The van der Waals surface area contributed by atoms with Gasteiger partial charge in [0.05, 0.1) is 24.4 Å². The van der Waals surface area contributed by atoms with Crippen LogP contribution in [0.1, 0.15) is 29.0 Å². The Morgan fingerprint density at radius 1 is 1.26 bits per heavy atom. The van der Waals surface area contributed by atoms with Gasteiger partial charge in [0, 0.05) is 38.1 Å². The molecule has 1 saturated heterocycles. The summed E-state index contributed by atoms with van der Waals surface area (Å²) in [6, 6.07) is 6.39. The molecule has 4 heterocycles. The molecule has 0 atom stereocenters. The number of hydrogen-bond acceptors (Lipinski definition) is 5. The Bertz CT molecular complexity index is 968. The Labute approximate surface area is 156 Å². The highest BCUT2D eigenvalue weighted by molar-refractivity contribution is 5.92. The van der Waals surface area contributed by atoms with E-state index in [1.807, 2.05) is 27.3 Å². The van der Waals surface area contributed by atoms with Crippen molar-refractivity contribution in [2.45, 2.75) is 25.4 Å². The van der Waals surface area contributed by atoms with Gasteiger partial charge in [-0.1, -0.05) is 6.07 Å². The number of nitrogens with zero attached hydrogens (tertiary/aromatic N) is 5. The average molecular weight is 366 g/mol. The lowest BCUT2D eigenvalue weighted by atomic mass is 10.3. The van der Waals surface area contributed by atoms with E-state index < -0.39 is 0 Å². The smallest absolute Gasteiger partial charge is 0.271 e. The van der Waals surface area contributed by atoms with E-state index in [-0.39, 0.29) is 5.91 Å². The van der Waals surface area contributed by atoms with Gasteiger partial charge in [-0.05, 0) is 25.0 Å². The minimum absolute atomic E-state index is 0.120. The van der Waals surface area contributed by atoms with E-state index in [9.17, 15) is 4.79 Å². The molecule has 0 unspecified atom stereocenters. The molecule has 2 aliphatic rings. The van der Waals surface area contributed by atoms with E-state index in [4.69, 9.17) is 9.72 Å². The highest BCUT2D eigenvalue weighted by Gasteiger charge is 2.25. The Kier molecular flexibility index (Phi) is 4.14. The molecule has 8 nitrogen and oxygen atoms in total. The van der Waals surface area contributed by atoms with Crippen LogP contribution < -0.4 is 5.32 Å². The number of rotatable bonds is 5. The predicted molar refractivity (Wildman–Crippen MR) is 98.9 cm³/mol. The third kappa shape index (κ3) is 3.33. The van der Waals surface area contributed by atoms with E-state index in [1.54, 1.807) is 12.5 Å². The number of aromatic nitrogens is 4. The van der Waals surface area contributed by atoms with E-state index >= 15 is 0 Å². The molecule has 1 N–H and O–H groups in total. The van der Waals surface area contributed by atoms with Gasteiger partial charge in [0.2, 0.25) is 5.95 Å². The highest BCUT2D eigenvalue weighted by Crippen LogP contribution is 2.20.